The normalized spacial score (nSPS) is 18.0. The topological polar surface area (TPSA) is 71.1 Å². The fourth-order valence-electron chi connectivity index (χ4n) is 4.10. The first-order valence-electron chi connectivity index (χ1n) is 11.0. The van der Waals surface area contributed by atoms with Gasteiger partial charge in [-0.05, 0) is 75.1 Å². The van der Waals surface area contributed by atoms with Crippen LogP contribution in [0.3, 0.4) is 0 Å². The van der Waals surface area contributed by atoms with E-state index in [9.17, 15) is 9.59 Å². The van der Waals surface area contributed by atoms with Gasteiger partial charge in [-0.1, -0.05) is 12.1 Å². The van der Waals surface area contributed by atoms with E-state index < -0.39 is 5.60 Å². The maximum absolute atomic E-state index is 12.9. The highest BCUT2D eigenvalue weighted by molar-refractivity contribution is 5.96. The first-order valence-corrected chi connectivity index (χ1v) is 11.0. The first-order chi connectivity index (χ1) is 15.2. The van der Waals surface area contributed by atoms with Crippen LogP contribution < -0.4 is 15.0 Å². The lowest BCUT2D eigenvalue weighted by Crippen LogP contribution is -2.53. The SMILES string of the molecule is COc1ccc(CN2CCC2C(=O)Nc2ccc3c(c2)CCN3C(=O)OC(C)(C)C)cc1. The average molecular weight is 438 g/mol. The predicted octanol–water partition coefficient (Wildman–Crippen LogP) is 4.21. The number of hydrogen-bond acceptors (Lipinski definition) is 5. The second-order valence-electron chi connectivity index (χ2n) is 9.34. The molecule has 2 aliphatic rings. The van der Waals surface area contributed by atoms with E-state index >= 15 is 0 Å². The van der Waals surface area contributed by atoms with Gasteiger partial charge in [-0.3, -0.25) is 14.6 Å². The number of nitrogens with zero attached hydrogens (tertiary/aromatic N) is 2. The molecular formula is C25H31N3O4. The van der Waals surface area contributed by atoms with Crippen molar-refractivity contribution in [2.24, 2.45) is 0 Å². The second kappa shape index (κ2) is 8.82. The van der Waals surface area contributed by atoms with Crippen LogP contribution in [0.5, 0.6) is 5.75 Å². The summed E-state index contributed by atoms with van der Waals surface area (Å²) in [5.74, 6) is 0.834. The van der Waals surface area contributed by atoms with Gasteiger partial charge in [0, 0.05) is 25.3 Å². The molecule has 1 atom stereocenters. The van der Waals surface area contributed by atoms with Crippen LogP contribution in [0.15, 0.2) is 42.5 Å². The molecule has 1 N–H and O–H groups in total. The van der Waals surface area contributed by atoms with Crippen molar-refractivity contribution in [1.29, 1.82) is 0 Å². The second-order valence-corrected chi connectivity index (χ2v) is 9.34. The number of anilines is 2. The summed E-state index contributed by atoms with van der Waals surface area (Å²) in [6, 6.07) is 13.5. The van der Waals surface area contributed by atoms with E-state index in [4.69, 9.17) is 9.47 Å². The van der Waals surface area contributed by atoms with Gasteiger partial charge in [0.05, 0.1) is 18.8 Å². The minimum absolute atomic E-state index is 0.00621. The predicted molar refractivity (Wildman–Crippen MR) is 124 cm³/mol. The Morgan fingerprint density at radius 2 is 1.84 bits per heavy atom. The summed E-state index contributed by atoms with van der Waals surface area (Å²) in [7, 11) is 1.65. The molecule has 7 heteroatoms. The van der Waals surface area contributed by atoms with Crippen molar-refractivity contribution < 1.29 is 19.1 Å². The van der Waals surface area contributed by atoms with Gasteiger partial charge in [-0.15, -0.1) is 0 Å². The van der Waals surface area contributed by atoms with Crippen molar-refractivity contribution in [3.63, 3.8) is 0 Å². The summed E-state index contributed by atoms with van der Waals surface area (Å²) in [6.07, 6.45) is 1.25. The minimum atomic E-state index is -0.534. The molecule has 0 aromatic heterocycles. The van der Waals surface area contributed by atoms with Gasteiger partial charge in [0.15, 0.2) is 0 Å². The average Bonchev–Trinajstić information content (AvgIpc) is 3.13. The maximum Gasteiger partial charge on any atom is 0.414 e. The standard InChI is InChI=1S/C25H31N3O4/c1-25(2,3)32-24(30)28-14-11-18-15-19(7-10-21(18)28)26-23(29)22-12-13-27(22)16-17-5-8-20(31-4)9-6-17/h5-10,15,22H,11-14,16H2,1-4H3,(H,26,29). The Morgan fingerprint density at radius 1 is 1.09 bits per heavy atom. The summed E-state index contributed by atoms with van der Waals surface area (Å²) in [5.41, 5.74) is 3.27. The van der Waals surface area contributed by atoms with Crippen LogP contribution in [0.1, 0.15) is 38.3 Å². The van der Waals surface area contributed by atoms with Crippen LogP contribution in [0.4, 0.5) is 16.2 Å². The highest BCUT2D eigenvalue weighted by Gasteiger charge is 2.34. The molecule has 0 aliphatic carbocycles. The molecule has 2 aliphatic heterocycles. The maximum atomic E-state index is 12.9. The number of amides is 2. The summed E-state index contributed by atoms with van der Waals surface area (Å²) in [6.45, 7) is 7.80. The molecule has 170 valence electrons. The van der Waals surface area contributed by atoms with Crippen molar-refractivity contribution in [1.82, 2.24) is 4.90 Å². The molecule has 2 amide bonds. The minimum Gasteiger partial charge on any atom is -0.497 e. The number of carbonyl (C=O) groups excluding carboxylic acids is 2. The molecule has 0 radical (unpaired) electrons. The van der Waals surface area contributed by atoms with Crippen molar-refractivity contribution in [2.75, 3.05) is 30.4 Å². The number of likely N-dealkylation sites (tertiary alicyclic amines) is 1. The van der Waals surface area contributed by atoms with E-state index in [2.05, 4.69) is 10.2 Å². The quantitative estimate of drug-likeness (QED) is 0.759. The van der Waals surface area contributed by atoms with Crippen molar-refractivity contribution in [2.45, 2.75) is 51.8 Å². The number of carbonyl (C=O) groups is 2. The largest absolute Gasteiger partial charge is 0.497 e. The molecule has 0 bridgehead atoms. The number of ether oxygens (including phenoxy) is 2. The zero-order valence-electron chi connectivity index (χ0n) is 19.2. The van der Waals surface area contributed by atoms with Gasteiger partial charge in [0.25, 0.3) is 0 Å². The number of benzene rings is 2. The van der Waals surface area contributed by atoms with Gasteiger partial charge in [0.2, 0.25) is 5.91 Å². The Hall–Kier alpha value is -3.06. The molecule has 2 heterocycles. The molecule has 2 aromatic rings. The Morgan fingerprint density at radius 3 is 2.47 bits per heavy atom. The zero-order chi connectivity index (χ0) is 22.9. The Labute approximate surface area is 189 Å². The van der Waals surface area contributed by atoms with Gasteiger partial charge >= 0.3 is 6.09 Å². The monoisotopic (exact) mass is 437 g/mol. The molecule has 2 aromatic carbocycles. The Kier molecular flexibility index (Phi) is 6.11. The van der Waals surface area contributed by atoms with Gasteiger partial charge in [-0.2, -0.15) is 0 Å². The van der Waals surface area contributed by atoms with E-state index in [1.807, 2.05) is 63.2 Å². The summed E-state index contributed by atoms with van der Waals surface area (Å²) in [4.78, 5) is 29.2. The van der Waals surface area contributed by atoms with E-state index in [1.165, 1.54) is 0 Å². The lowest BCUT2D eigenvalue weighted by atomic mass is 10.0. The molecule has 32 heavy (non-hydrogen) atoms. The number of methoxy groups -OCH3 is 1. The van der Waals surface area contributed by atoms with Crippen molar-refractivity contribution in [3.8, 4) is 5.75 Å². The zero-order valence-corrected chi connectivity index (χ0v) is 19.2. The van der Waals surface area contributed by atoms with E-state index in [1.54, 1.807) is 12.0 Å². The van der Waals surface area contributed by atoms with Crippen LogP contribution in [0.2, 0.25) is 0 Å². The number of rotatable bonds is 5. The number of nitrogens with one attached hydrogen (secondary N) is 1. The third-order valence-corrected chi connectivity index (χ3v) is 5.83. The molecule has 4 rings (SSSR count). The molecule has 0 spiro atoms. The lowest BCUT2D eigenvalue weighted by Gasteiger charge is -2.39. The Balaban J connectivity index is 1.36. The van der Waals surface area contributed by atoms with Crippen LogP contribution in [0, 0.1) is 0 Å². The van der Waals surface area contributed by atoms with Crippen molar-refractivity contribution in [3.05, 3.63) is 53.6 Å². The fraction of sp³-hybridized carbons (Fsp3) is 0.440. The van der Waals surface area contributed by atoms with Crippen LogP contribution in [0.25, 0.3) is 0 Å². The number of hydrogen-bond donors (Lipinski definition) is 1. The first kappa shape index (κ1) is 22.1. The summed E-state index contributed by atoms with van der Waals surface area (Å²) < 4.78 is 10.7. The van der Waals surface area contributed by atoms with E-state index in [0.717, 1.165) is 54.2 Å². The van der Waals surface area contributed by atoms with E-state index in [-0.39, 0.29) is 18.0 Å². The van der Waals surface area contributed by atoms with Crippen molar-refractivity contribution >= 4 is 23.4 Å². The third kappa shape index (κ3) is 4.88. The van der Waals surface area contributed by atoms with Crippen LogP contribution in [-0.2, 0) is 22.5 Å². The van der Waals surface area contributed by atoms with Gasteiger partial charge < -0.3 is 14.8 Å². The molecule has 1 fully saturated rings. The van der Waals surface area contributed by atoms with Crippen LogP contribution >= 0.6 is 0 Å². The smallest absolute Gasteiger partial charge is 0.414 e. The lowest BCUT2D eigenvalue weighted by molar-refractivity contribution is -0.125. The third-order valence-electron chi connectivity index (χ3n) is 5.83. The van der Waals surface area contributed by atoms with Gasteiger partial charge in [0.1, 0.15) is 11.4 Å². The molecule has 1 unspecified atom stereocenters. The molecule has 0 saturated carbocycles. The molecular weight excluding hydrogens is 406 g/mol. The summed E-state index contributed by atoms with van der Waals surface area (Å²) >= 11 is 0. The summed E-state index contributed by atoms with van der Waals surface area (Å²) in [5, 5.41) is 3.05. The molecule has 7 nitrogen and oxygen atoms in total. The highest BCUT2D eigenvalue weighted by atomic mass is 16.6. The highest BCUT2D eigenvalue weighted by Crippen LogP contribution is 2.32. The van der Waals surface area contributed by atoms with Gasteiger partial charge in [-0.25, -0.2) is 4.79 Å². The Bertz CT molecular complexity index is 997. The molecule has 1 saturated heterocycles. The van der Waals surface area contributed by atoms with Crippen LogP contribution in [-0.4, -0.2) is 48.7 Å². The van der Waals surface area contributed by atoms with E-state index in [0.29, 0.717) is 6.54 Å². The fourth-order valence-corrected chi connectivity index (χ4v) is 4.10. The number of fused-ring (bicyclic) bond motifs is 1.